The maximum Gasteiger partial charge on any atom is 0.411 e. The molecule has 0 radical (unpaired) electrons. The van der Waals surface area contributed by atoms with Crippen LogP contribution in [0.2, 0.25) is 4.34 Å². The number of halogens is 4. The Hall–Kier alpha value is -1.94. The van der Waals surface area contributed by atoms with E-state index >= 15 is 0 Å². The minimum atomic E-state index is -4.61. The molecule has 0 bridgehead atoms. The highest BCUT2D eigenvalue weighted by Gasteiger charge is 2.55. The lowest BCUT2D eigenvalue weighted by atomic mass is 9.84. The lowest BCUT2D eigenvalue weighted by Crippen LogP contribution is -2.58. The van der Waals surface area contributed by atoms with Gasteiger partial charge in [0, 0.05) is 11.3 Å². The van der Waals surface area contributed by atoms with Gasteiger partial charge in [0.15, 0.2) is 0 Å². The van der Waals surface area contributed by atoms with Gasteiger partial charge < -0.3 is 5.32 Å². The van der Waals surface area contributed by atoms with Gasteiger partial charge in [-0.05, 0) is 29.8 Å². The average molecular weight is 364 g/mol. The summed E-state index contributed by atoms with van der Waals surface area (Å²) in [6.07, 6.45) is -5.07. The van der Waals surface area contributed by atoms with Crippen LogP contribution in [0.25, 0.3) is 11.1 Å². The third-order valence-corrected chi connectivity index (χ3v) is 4.80. The van der Waals surface area contributed by atoms with E-state index in [4.69, 9.17) is 11.6 Å². The lowest BCUT2D eigenvalue weighted by Gasteiger charge is -2.37. The predicted octanol–water partition coefficient (Wildman–Crippen LogP) is 2.67. The maximum absolute atomic E-state index is 13.4. The maximum atomic E-state index is 13.4. The number of hydrogen-bond acceptors (Lipinski definition) is 5. The van der Waals surface area contributed by atoms with E-state index in [-0.39, 0.29) is 17.0 Å². The van der Waals surface area contributed by atoms with Crippen LogP contribution in [0.15, 0.2) is 12.1 Å². The molecule has 0 aliphatic carbocycles. The van der Waals surface area contributed by atoms with Gasteiger partial charge in [-0.3, -0.25) is 4.79 Å². The van der Waals surface area contributed by atoms with E-state index in [9.17, 15) is 18.0 Å². The number of nitrogens with zero attached hydrogens (tertiary/aromatic N) is 3. The molecule has 6 nitrogen and oxygen atoms in total. The zero-order chi connectivity index (χ0) is 16.8. The second-order valence-corrected chi connectivity index (χ2v) is 6.87. The van der Waals surface area contributed by atoms with Crippen molar-refractivity contribution < 1.29 is 18.0 Å². The highest BCUT2D eigenvalue weighted by atomic mass is 35.5. The van der Waals surface area contributed by atoms with Crippen LogP contribution in [0, 0.1) is 0 Å². The number of nitrogens with one attached hydrogen (secondary N) is 2. The number of thiophene rings is 1. The molecule has 0 saturated carbocycles. The third-order valence-electron chi connectivity index (χ3n) is 3.51. The van der Waals surface area contributed by atoms with Crippen molar-refractivity contribution in [3.05, 3.63) is 27.2 Å². The number of tetrazole rings is 1. The Morgan fingerprint density at radius 3 is 2.65 bits per heavy atom. The molecule has 1 aliphatic rings. The van der Waals surface area contributed by atoms with Crippen LogP contribution in [0.3, 0.4) is 0 Å². The molecule has 23 heavy (non-hydrogen) atoms. The van der Waals surface area contributed by atoms with E-state index in [0.29, 0.717) is 9.21 Å². The second-order valence-electron chi connectivity index (χ2n) is 5.15. The van der Waals surface area contributed by atoms with Crippen LogP contribution < -0.4 is 5.32 Å². The first-order valence-corrected chi connectivity index (χ1v) is 7.52. The van der Waals surface area contributed by atoms with Gasteiger partial charge in [-0.25, -0.2) is 0 Å². The van der Waals surface area contributed by atoms with Crippen LogP contribution in [0.5, 0.6) is 0 Å². The summed E-state index contributed by atoms with van der Waals surface area (Å²) in [4.78, 5) is 12.8. The first kappa shape index (κ1) is 15.9. The van der Waals surface area contributed by atoms with Gasteiger partial charge in [0.25, 0.3) is 5.91 Å². The molecule has 2 aromatic rings. The van der Waals surface area contributed by atoms with E-state index in [0.717, 1.165) is 18.3 Å². The zero-order valence-corrected chi connectivity index (χ0v) is 13.1. The quantitative estimate of drug-likeness (QED) is 0.859. The fourth-order valence-corrected chi connectivity index (χ4v) is 3.39. The van der Waals surface area contributed by atoms with Gasteiger partial charge in [0.05, 0.1) is 9.91 Å². The van der Waals surface area contributed by atoms with E-state index in [1.165, 1.54) is 0 Å². The molecule has 1 atom stereocenters. The third kappa shape index (κ3) is 2.72. The highest BCUT2D eigenvalue weighted by molar-refractivity contribution is 7.17. The summed E-state index contributed by atoms with van der Waals surface area (Å²) in [5, 5.41) is 15.0. The number of carbonyl (C=O) groups is 1. The van der Waals surface area contributed by atoms with E-state index in [2.05, 4.69) is 20.6 Å². The lowest BCUT2D eigenvalue weighted by molar-refractivity contribution is -0.191. The summed E-state index contributed by atoms with van der Waals surface area (Å²) >= 11 is 6.96. The Kier molecular flexibility index (Phi) is 3.68. The summed E-state index contributed by atoms with van der Waals surface area (Å²) in [6.45, 7) is 0.938. The van der Waals surface area contributed by atoms with Crippen molar-refractivity contribution in [3.63, 3.8) is 0 Å². The van der Waals surface area contributed by atoms with Crippen LogP contribution in [0.4, 0.5) is 13.2 Å². The van der Waals surface area contributed by atoms with Gasteiger partial charge in [-0.15, -0.1) is 21.5 Å². The van der Waals surface area contributed by atoms with Crippen molar-refractivity contribution >= 4 is 40.0 Å². The van der Waals surface area contributed by atoms with Crippen molar-refractivity contribution in [3.8, 4) is 0 Å². The number of rotatable bonds is 2. The fraction of sp³-hybridized carbons (Fsp3) is 0.333. The Morgan fingerprint density at radius 1 is 1.39 bits per heavy atom. The number of alkyl halides is 3. The van der Waals surface area contributed by atoms with Crippen LogP contribution >= 0.6 is 22.9 Å². The van der Waals surface area contributed by atoms with E-state index < -0.39 is 24.0 Å². The van der Waals surface area contributed by atoms with Crippen molar-refractivity contribution in [2.45, 2.75) is 25.1 Å². The molecule has 3 rings (SSSR count). The fourth-order valence-electron chi connectivity index (χ4n) is 2.30. The Bertz CT molecular complexity index is 785. The molecule has 0 spiro atoms. The molecule has 3 heterocycles. The van der Waals surface area contributed by atoms with Crippen LogP contribution in [-0.2, 0) is 4.79 Å². The molecule has 122 valence electrons. The summed E-state index contributed by atoms with van der Waals surface area (Å²) in [7, 11) is 0. The molecule has 1 unspecified atom stereocenters. The molecular weight excluding hydrogens is 355 g/mol. The van der Waals surface area contributed by atoms with Crippen LogP contribution in [0.1, 0.15) is 24.0 Å². The number of amides is 1. The largest absolute Gasteiger partial charge is 0.411 e. The molecule has 2 aromatic heterocycles. The van der Waals surface area contributed by atoms with E-state index in [1.807, 2.05) is 5.32 Å². The zero-order valence-electron chi connectivity index (χ0n) is 11.5. The average Bonchev–Trinajstić information content (AvgIpc) is 3.07. The number of H-pyrrole nitrogens is 1. The molecule has 11 heteroatoms. The molecule has 0 aromatic carbocycles. The van der Waals surface area contributed by atoms with Crippen molar-refractivity contribution in [2.75, 3.05) is 0 Å². The SMILES string of the molecule is CC1(C(F)(F)F)CC(c2ccc(Cl)s2)=C(c2nn[nH]n2)C(=O)N1. The summed E-state index contributed by atoms with van der Waals surface area (Å²) in [5.41, 5.74) is -2.24. The minimum Gasteiger partial charge on any atom is -0.338 e. The minimum absolute atomic E-state index is 0.0426. The normalized spacial score (nSPS) is 22.4. The van der Waals surface area contributed by atoms with Crippen molar-refractivity contribution in [1.29, 1.82) is 0 Å². The number of aromatic nitrogens is 4. The van der Waals surface area contributed by atoms with Crippen LogP contribution in [-0.4, -0.2) is 38.2 Å². The molecule has 1 aliphatic heterocycles. The first-order chi connectivity index (χ1) is 10.7. The van der Waals surface area contributed by atoms with Crippen molar-refractivity contribution in [2.24, 2.45) is 0 Å². The van der Waals surface area contributed by atoms with Gasteiger partial charge >= 0.3 is 6.18 Å². The Labute approximate surface area is 136 Å². The molecule has 1 amide bonds. The number of aromatic amines is 1. The summed E-state index contributed by atoms with van der Waals surface area (Å²) < 4.78 is 40.5. The molecular formula is C12H9ClF3N5OS. The highest BCUT2D eigenvalue weighted by Crippen LogP contribution is 2.45. The second kappa shape index (κ2) is 5.31. The molecule has 0 fully saturated rings. The Balaban J connectivity index is 2.19. The monoisotopic (exact) mass is 363 g/mol. The molecule has 2 N–H and O–H groups in total. The number of hydrogen-bond donors (Lipinski definition) is 2. The van der Waals surface area contributed by atoms with E-state index in [1.54, 1.807) is 12.1 Å². The van der Waals surface area contributed by atoms with Gasteiger partial charge in [0.1, 0.15) is 5.54 Å². The van der Waals surface area contributed by atoms with Gasteiger partial charge in [-0.1, -0.05) is 11.6 Å². The number of carbonyl (C=O) groups excluding carboxylic acids is 1. The standard InChI is InChI=1S/C12H9ClF3N5OS/c1-11(12(14,15)16)4-5(6-2-3-7(13)23-6)8(10(22)17-11)9-18-20-21-19-9/h2-3H,4H2,1H3,(H,17,22)(H,18,19,20,21). The van der Waals surface area contributed by atoms with Gasteiger partial charge in [0.2, 0.25) is 5.82 Å². The first-order valence-electron chi connectivity index (χ1n) is 6.33. The smallest absolute Gasteiger partial charge is 0.338 e. The summed E-state index contributed by atoms with van der Waals surface area (Å²) in [6, 6.07) is 3.12. The van der Waals surface area contributed by atoms with Gasteiger partial charge in [-0.2, -0.15) is 18.4 Å². The topological polar surface area (TPSA) is 83.6 Å². The van der Waals surface area contributed by atoms with Crippen molar-refractivity contribution in [1.82, 2.24) is 25.9 Å². The molecule has 0 saturated heterocycles. The predicted molar refractivity (Wildman–Crippen MR) is 77.5 cm³/mol. The Morgan fingerprint density at radius 2 is 2.13 bits per heavy atom. The summed E-state index contributed by atoms with van der Waals surface area (Å²) in [5.74, 6) is -0.969.